The third-order valence-electron chi connectivity index (χ3n) is 4.36. The van der Waals surface area contributed by atoms with Crippen molar-refractivity contribution in [3.05, 3.63) is 41.3 Å². The quantitative estimate of drug-likeness (QED) is 0.878. The van der Waals surface area contributed by atoms with Crippen molar-refractivity contribution < 1.29 is 9.84 Å². The third-order valence-corrected chi connectivity index (χ3v) is 4.69. The average Bonchev–Trinajstić information content (AvgIpc) is 3.01. The fraction of sp³-hybridized carbons (Fsp3) is 0.400. The smallest absolute Gasteiger partial charge is 0.0956 e. The van der Waals surface area contributed by atoms with Crippen LogP contribution in [-0.2, 0) is 4.74 Å². The standard InChI is InChI=1S/C15H15ClN2O2/c16-11-3-1-2-9-12-6-17-8-18(12)15(14(9)11)10-7-20-5-4-13(10)19/h1-3,6,8,10,13,15,19H,4-5,7H2/t10?,13-,15+/m1/s1. The van der Waals surface area contributed by atoms with Crippen molar-refractivity contribution in [1.29, 1.82) is 0 Å². The first-order valence-corrected chi connectivity index (χ1v) is 7.21. The van der Waals surface area contributed by atoms with Gasteiger partial charge in [-0.2, -0.15) is 0 Å². The lowest BCUT2D eigenvalue weighted by Crippen LogP contribution is -2.37. The van der Waals surface area contributed by atoms with Gasteiger partial charge in [0.1, 0.15) is 0 Å². The van der Waals surface area contributed by atoms with E-state index in [-0.39, 0.29) is 18.1 Å². The molecular formula is C15H15ClN2O2. The van der Waals surface area contributed by atoms with Gasteiger partial charge in [-0.3, -0.25) is 0 Å². The summed E-state index contributed by atoms with van der Waals surface area (Å²) in [7, 11) is 0. The Morgan fingerprint density at radius 3 is 3.15 bits per heavy atom. The molecule has 4 rings (SSSR count). The molecule has 2 aromatic rings. The van der Waals surface area contributed by atoms with Crippen molar-refractivity contribution in [2.45, 2.75) is 18.6 Å². The van der Waals surface area contributed by atoms with Crippen LogP contribution in [0, 0.1) is 5.92 Å². The van der Waals surface area contributed by atoms with Crippen molar-refractivity contribution in [2.75, 3.05) is 13.2 Å². The molecule has 0 aliphatic carbocycles. The number of hydrogen-bond donors (Lipinski definition) is 1. The third kappa shape index (κ3) is 1.65. The Morgan fingerprint density at radius 2 is 2.30 bits per heavy atom. The second-order valence-corrected chi connectivity index (χ2v) is 5.83. The molecule has 1 N–H and O–H groups in total. The van der Waals surface area contributed by atoms with Crippen LogP contribution < -0.4 is 0 Å². The number of nitrogens with zero attached hydrogens (tertiary/aromatic N) is 2. The maximum Gasteiger partial charge on any atom is 0.0956 e. The Hall–Kier alpha value is -1.36. The first kappa shape index (κ1) is 12.4. The molecule has 1 aromatic carbocycles. The first-order valence-electron chi connectivity index (χ1n) is 6.84. The second kappa shape index (κ2) is 4.58. The van der Waals surface area contributed by atoms with Gasteiger partial charge in [-0.1, -0.05) is 23.7 Å². The molecule has 2 aliphatic heterocycles. The molecule has 0 bridgehead atoms. The minimum Gasteiger partial charge on any atom is -0.393 e. The van der Waals surface area contributed by atoms with Crippen LogP contribution in [0.3, 0.4) is 0 Å². The van der Waals surface area contributed by atoms with Crippen molar-refractivity contribution in [3.8, 4) is 11.3 Å². The van der Waals surface area contributed by atoms with E-state index in [1.165, 1.54) is 0 Å². The summed E-state index contributed by atoms with van der Waals surface area (Å²) >= 11 is 6.42. The Kier molecular flexibility index (Phi) is 2.84. The predicted molar refractivity (Wildman–Crippen MR) is 75.7 cm³/mol. The molecule has 0 amide bonds. The van der Waals surface area contributed by atoms with Crippen LogP contribution in [0.4, 0.5) is 0 Å². The molecule has 1 aromatic heterocycles. The molecule has 0 saturated carbocycles. The highest BCUT2D eigenvalue weighted by Gasteiger charge is 2.40. The number of imidazole rings is 1. The van der Waals surface area contributed by atoms with Crippen molar-refractivity contribution in [2.24, 2.45) is 5.92 Å². The number of benzene rings is 1. The number of rotatable bonds is 1. The molecule has 1 unspecified atom stereocenters. The van der Waals surface area contributed by atoms with E-state index in [4.69, 9.17) is 16.3 Å². The highest BCUT2D eigenvalue weighted by atomic mass is 35.5. The maximum atomic E-state index is 10.4. The van der Waals surface area contributed by atoms with Crippen LogP contribution in [0.2, 0.25) is 5.02 Å². The van der Waals surface area contributed by atoms with E-state index in [0.717, 1.165) is 21.8 Å². The molecule has 0 spiro atoms. The number of fused-ring (bicyclic) bond motifs is 3. The van der Waals surface area contributed by atoms with E-state index < -0.39 is 0 Å². The molecule has 1 fully saturated rings. The summed E-state index contributed by atoms with van der Waals surface area (Å²) in [4.78, 5) is 4.24. The van der Waals surface area contributed by atoms with Crippen LogP contribution in [0.25, 0.3) is 11.3 Å². The molecule has 3 atom stereocenters. The fourth-order valence-electron chi connectivity index (χ4n) is 3.41. The highest BCUT2D eigenvalue weighted by molar-refractivity contribution is 6.32. The Balaban J connectivity index is 1.88. The zero-order valence-electron chi connectivity index (χ0n) is 10.9. The van der Waals surface area contributed by atoms with Crippen LogP contribution in [0.1, 0.15) is 18.0 Å². The molecule has 20 heavy (non-hydrogen) atoms. The van der Waals surface area contributed by atoms with E-state index in [1.54, 1.807) is 0 Å². The minimum absolute atomic E-state index is 0.00602. The van der Waals surface area contributed by atoms with Crippen LogP contribution in [-0.4, -0.2) is 34.0 Å². The summed E-state index contributed by atoms with van der Waals surface area (Å²) in [5.74, 6) is 0.0119. The summed E-state index contributed by atoms with van der Waals surface area (Å²) < 4.78 is 7.68. The highest BCUT2D eigenvalue weighted by Crippen LogP contribution is 2.47. The van der Waals surface area contributed by atoms with E-state index in [0.29, 0.717) is 19.6 Å². The van der Waals surface area contributed by atoms with Gasteiger partial charge in [0.25, 0.3) is 0 Å². The van der Waals surface area contributed by atoms with Gasteiger partial charge in [-0.15, -0.1) is 0 Å². The van der Waals surface area contributed by atoms with E-state index in [9.17, 15) is 5.11 Å². The lowest BCUT2D eigenvalue weighted by molar-refractivity contribution is -0.0481. The Morgan fingerprint density at radius 1 is 1.40 bits per heavy atom. The van der Waals surface area contributed by atoms with Gasteiger partial charge in [0.15, 0.2) is 0 Å². The molecule has 4 nitrogen and oxygen atoms in total. The summed E-state index contributed by atoms with van der Waals surface area (Å²) in [6.07, 6.45) is 3.97. The van der Waals surface area contributed by atoms with Gasteiger partial charge in [0.05, 0.1) is 37.0 Å². The zero-order valence-corrected chi connectivity index (χ0v) is 11.6. The molecule has 5 heteroatoms. The molecule has 2 aliphatic rings. The van der Waals surface area contributed by atoms with Crippen LogP contribution in [0.15, 0.2) is 30.7 Å². The monoisotopic (exact) mass is 290 g/mol. The van der Waals surface area contributed by atoms with E-state index in [2.05, 4.69) is 15.6 Å². The number of aliphatic hydroxyl groups is 1. The van der Waals surface area contributed by atoms with Crippen molar-refractivity contribution >= 4 is 11.6 Å². The predicted octanol–water partition coefficient (Wildman–Crippen LogP) is 2.50. The number of hydrogen-bond acceptors (Lipinski definition) is 3. The van der Waals surface area contributed by atoms with Gasteiger partial charge >= 0.3 is 0 Å². The number of aliphatic hydroxyl groups excluding tert-OH is 1. The molecule has 104 valence electrons. The first-order chi connectivity index (χ1) is 9.77. The minimum atomic E-state index is -0.369. The summed E-state index contributed by atoms with van der Waals surface area (Å²) in [6.45, 7) is 1.17. The van der Waals surface area contributed by atoms with Crippen LogP contribution in [0.5, 0.6) is 0 Å². The molecule has 1 saturated heterocycles. The second-order valence-electron chi connectivity index (χ2n) is 5.43. The summed E-state index contributed by atoms with van der Waals surface area (Å²) in [5, 5.41) is 11.1. The van der Waals surface area contributed by atoms with Gasteiger partial charge < -0.3 is 14.4 Å². The SMILES string of the molecule is O[C@@H]1CCOCC1[C@H]1c2c(Cl)cccc2-c2cncn21. The zero-order chi connectivity index (χ0) is 13.7. The molecule has 3 heterocycles. The lowest BCUT2D eigenvalue weighted by atomic mass is 9.86. The van der Waals surface area contributed by atoms with E-state index in [1.807, 2.05) is 24.7 Å². The van der Waals surface area contributed by atoms with E-state index >= 15 is 0 Å². The summed E-state index contributed by atoms with van der Waals surface area (Å²) in [5.41, 5.74) is 3.25. The Bertz CT molecular complexity index is 655. The maximum absolute atomic E-state index is 10.4. The lowest BCUT2D eigenvalue weighted by Gasteiger charge is -2.33. The van der Waals surface area contributed by atoms with Gasteiger partial charge in [-0.25, -0.2) is 4.98 Å². The number of halogens is 1. The number of ether oxygens (including phenoxy) is 1. The summed E-state index contributed by atoms with van der Waals surface area (Å²) in [6, 6.07) is 5.93. The topological polar surface area (TPSA) is 47.3 Å². The van der Waals surface area contributed by atoms with Gasteiger partial charge in [0, 0.05) is 28.7 Å². The number of aromatic nitrogens is 2. The largest absolute Gasteiger partial charge is 0.393 e. The molecule has 0 radical (unpaired) electrons. The fourth-order valence-corrected chi connectivity index (χ4v) is 3.69. The van der Waals surface area contributed by atoms with Gasteiger partial charge in [-0.05, 0) is 12.5 Å². The average molecular weight is 291 g/mol. The molecular weight excluding hydrogens is 276 g/mol. The van der Waals surface area contributed by atoms with Crippen molar-refractivity contribution in [3.63, 3.8) is 0 Å². The van der Waals surface area contributed by atoms with Crippen LogP contribution >= 0.6 is 11.6 Å². The Labute approximate surface area is 122 Å². The van der Waals surface area contributed by atoms with Crippen molar-refractivity contribution in [1.82, 2.24) is 9.55 Å². The van der Waals surface area contributed by atoms with Gasteiger partial charge in [0.2, 0.25) is 0 Å². The normalized spacial score (nSPS) is 28.2.